The van der Waals surface area contributed by atoms with E-state index in [4.69, 9.17) is 4.74 Å². The van der Waals surface area contributed by atoms with Gasteiger partial charge in [-0.1, -0.05) is 13.3 Å². The zero-order chi connectivity index (χ0) is 13.5. The largest absolute Gasteiger partial charge is 0.480 e. The van der Waals surface area contributed by atoms with Crippen molar-refractivity contribution in [2.24, 2.45) is 0 Å². The molecule has 1 unspecified atom stereocenters. The van der Waals surface area contributed by atoms with Crippen LogP contribution in [0.3, 0.4) is 0 Å². The second-order valence-electron chi connectivity index (χ2n) is 4.80. The fourth-order valence-corrected chi connectivity index (χ4v) is 1.65. The van der Waals surface area contributed by atoms with Crippen LogP contribution in [0.4, 0.5) is 0 Å². The molecule has 0 aliphatic rings. The van der Waals surface area contributed by atoms with Crippen molar-refractivity contribution >= 4 is 5.91 Å². The van der Waals surface area contributed by atoms with E-state index in [2.05, 4.69) is 17.3 Å². The number of aromatic nitrogens is 2. The lowest BCUT2D eigenvalue weighted by molar-refractivity contribution is -0.123. The lowest BCUT2D eigenvalue weighted by Crippen LogP contribution is -2.35. The van der Waals surface area contributed by atoms with Gasteiger partial charge in [0.1, 0.15) is 0 Å². The molecule has 1 atom stereocenters. The number of hydrogen-bond acceptors (Lipinski definition) is 3. The second kappa shape index (κ2) is 7.03. The first-order valence-corrected chi connectivity index (χ1v) is 6.49. The van der Waals surface area contributed by atoms with E-state index in [0.29, 0.717) is 11.8 Å². The van der Waals surface area contributed by atoms with Gasteiger partial charge >= 0.3 is 0 Å². The van der Waals surface area contributed by atoms with Crippen LogP contribution in [0.5, 0.6) is 5.75 Å². The molecular formula is C13H23N3O2. The predicted molar refractivity (Wildman–Crippen MR) is 70.6 cm³/mol. The quantitative estimate of drug-likeness (QED) is 0.810. The third-order valence-electron chi connectivity index (χ3n) is 2.61. The maximum absolute atomic E-state index is 11.6. The smallest absolute Gasteiger partial charge is 0.258 e. The first-order chi connectivity index (χ1) is 8.52. The number of hydrogen-bond donors (Lipinski definition) is 1. The molecule has 18 heavy (non-hydrogen) atoms. The number of nitrogens with zero attached hydrogens (tertiary/aromatic N) is 2. The van der Waals surface area contributed by atoms with E-state index in [1.807, 2.05) is 20.8 Å². The molecule has 0 bridgehead atoms. The maximum atomic E-state index is 11.6. The third-order valence-corrected chi connectivity index (χ3v) is 2.61. The first kappa shape index (κ1) is 14.5. The van der Waals surface area contributed by atoms with Crippen LogP contribution in [-0.4, -0.2) is 28.3 Å². The van der Waals surface area contributed by atoms with E-state index >= 15 is 0 Å². The SMILES string of the molecule is CCCC(C)NC(=O)COc1cnn(C(C)C)c1. The van der Waals surface area contributed by atoms with Crippen molar-refractivity contribution in [1.29, 1.82) is 0 Å². The minimum Gasteiger partial charge on any atom is -0.480 e. The van der Waals surface area contributed by atoms with Gasteiger partial charge in [0.05, 0.1) is 12.4 Å². The van der Waals surface area contributed by atoms with Crippen LogP contribution >= 0.6 is 0 Å². The van der Waals surface area contributed by atoms with Crippen LogP contribution < -0.4 is 10.1 Å². The Morgan fingerprint density at radius 3 is 2.78 bits per heavy atom. The molecule has 0 spiro atoms. The number of carbonyl (C=O) groups excluding carboxylic acids is 1. The van der Waals surface area contributed by atoms with E-state index in [1.165, 1.54) is 0 Å². The van der Waals surface area contributed by atoms with Gasteiger partial charge in [0.15, 0.2) is 12.4 Å². The molecule has 5 heteroatoms. The minimum absolute atomic E-state index is 0.0395. The summed E-state index contributed by atoms with van der Waals surface area (Å²) in [5, 5.41) is 7.03. The van der Waals surface area contributed by atoms with Crippen molar-refractivity contribution in [2.75, 3.05) is 6.61 Å². The second-order valence-corrected chi connectivity index (χ2v) is 4.80. The average Bonchev–Trinajstić information content (AvgIpc) is 2.75. The Hall–Kier alpha value is -1.52. The summed E-state index contributed by atoms with van der Waals surface area (Å²) in [5.74, 6) is 0.537. The minimum atomic E-state index is -0.0896. The summed E-state index contributed by atoms with van der Waals surface area (Å²) >= 11 is 0. The summed E-state index contributed by atoms with van der Waals surface area (Å²) in [7, 11) is 0. The summed E-state index contributed by atoms with van der Waals surface area (Å²) in [6, 6.07) is 0.491. The highest BCUT2D eigenvalue weighted by molar-refractivity contribution is 5.77. The summed E-state index contributed by atoms with van der Waals surface area (Å²) in [5.41, 5.74) is 0. The first-order valence-electron chi connectivity index (χ1n) is 6.49. The zero-order valence-corrected chi connectivity index (χ0v) is 11.6. The Balaban J connectivity index is 2.33. The molecule has 1 aromatic heterocycles. The molecule has 0 aromatic carbocycles. The van der Waals surface area contributed by atoms with E-state index in [-0.39, 0.29) is 18.6 Å². The van der Waals surface area contributed by atoms with Gasteiger partial charge in [-0.15, -0.1) is 0 Å². The molecule has 0 saturated carbocycles. The standard InChI is InChI=1S/C13H23N3O2/c1-5-6-11(4)15-13(17)9-18-12-7-14-16(8-12)10(2)3/h7-8,10-11H,5-6,9H2,1-4H3,(H,15,17). The fourth-order valence-electron chi connectivity index (χ4n) is 1.65. The number of ether oxygens (including phenoxy) is 1. The van der Waals surface area contributed by atoms with Crippen molar-refractivity contribution in [1.82, 2.24) is 15.1 Å². The fraction of sp³-hybridized carbons (Fsp3) is 0.692. The monoisotopic (exact) mass is 253 g/mol. The van der Waals surface area contributed by atoms with Gasteiger partial charge in [0.25, 0.3) is 5.91 Å². The molecule has 0 aliphatic heterocycles. The van der Waals surface area contributed by atoms with Gasteiger partial charge < -0.3 is 10.1 Å². The molecule has 1 N–H and O–H groups in total. The van der Waals surface area contributed by atoms with E-state index in [0.717, 1.165) is 12.8 Å². The van der Waals surface area contributed by atoms with Crippen molar-refractivity contribution in [3.05, 3.63) is 12.4 Å². The van der Waals surface area contributed by atoms with Gasteiger partial charge in [0.2, 0.25) is 0 Å². The average molecular weight is 253 g/mol. The number of carbonyl (C=O) groups is 1. The van der Waals surface area contributed by atoms with Gasteiger partial charge in [-0.2, -0.15) is 5.10 Å². The highest BCUT2D eigenvalue weighted by Gasteiger charge is 2.08. The van der Waals surface area contributed by atoms with E-state index in [1.54, 1.807) is 17.1 Å². The topological polar surface area (TPSA) is 56.1 Å². The molecule has 0 saturated heterocycles. The van der Waals surface area contributed by atoms with Crippen molar-refractivity contribution in [2.45, 2.75) is 52.6 Å². The van der Waals surface area contributed by atoms with Crippen LogP contribution in [0.25, 0.3) is 0 Å². The lowest BCUT2D eigenvalue weighted by atomic mass is 10.2. The van der Waals surface area contributed by atoms with Gasteiger partial charge in [-0.05, 0) is 27.2 Å². The van der Waals surface area contributed by atoms with Crippen LogP contribution in [0.2, 0.25) is 0 Å². The highest BCUT2D eigenvalue weighted by Crippen LogP contribution is 2.12. The molecule has 102 valence electrons. The summed E-state index contributed by atoms with van der Waals surface area (Å²) < 4.78 is 7.18. The molecule has 1 rings (SSSR count). The Kier molecular flexibility index (Phi) is 5.68. The van der Waals surface area contributed by atoms with Crippen LogP contribution in [0.1, 0.15) is 46.6 Å². The lowest BCUT2D eigenvalue weighted by Gasteiger charge is -2.12. The van der Waals surface area contributed by atoms with Crippen LogP contribution in [0.15, 0.2) is 12.4 Å². The van der Waals surface area contributed by atoms with Gasteiger partial charge in [-0.25, -0.2) is 0 Å². The summed E-state index contributed by atoms with van der Waals surface area (Å²) in [6.07, 6.45) is 5.47. The normalized spacial score (nSPS) is 12.5. The molecule has 0 radical (unpaired) electrons. The van der Waals surface area contributed by atoms with E-state index in [9.17, 15) is 4.79 Å². The Morgan fingerprint density at radius 1 is 1.50 bits per heavy atom. The molecule has 1 aromatic rings. The maximum Gasteiger partial charge on any atom is 0.258 e. The molecule has 1 heterocycles. The van der Waals surface area contributed by atoms with Crippen LogP contribution in [0, 0.1) is 0 Å². The predicted octanol–water partition coefficient (Wildman–Crippen LogP) is 2.15. The number of rotatable bonds is 7. The molecular weight excluding hydrogens is 230 g/mol. The van der Waals surface area contributed by atoms with Crippen LogP contribution in [-0.2, 0) is 4.79 Å². The molecule has 0 fully saturated rings. The summed E-state index contributed by atoms with van der Waals surface area (Å²) in [4.78, 5) is 11.6. The number of nitrogens with one attached hydrogen (secondary N) is 1. The third kappa shape index (κ3) is 4.77. The van der Waals surface area contributed by atoms with Gasteiger partial charge in [0, 0.05) is 12.1 Å². The van der Waals surface area contributed by atoms with Crippen molar-refractivity contribution < 1.29 is 9.53 Å². The van der Waals surface area contributed by atoms with Gasteiger partial charge in [-0.3, -0.25) is 9.48 Å². The molecule has 5 nitrogen and oxygen atoms in total. The highest BCUT2D eigenvalue weighted by atomic mass is 16.5. The van der Waals surface area contributed by atoms with E-state index < -0.39 is 0 Å². The summed E-state index contributed by atoms with van der Waals surface area (Å²) in [6.45, 7) is 8.21. The Labute approximate surface area is 109 Å². The zero-order valence-electron chi connectivity index (χ0n) is 11.6. The number of amides is 1. The molecule has 0 aliphatic carbocycles. The van der Waals surface area contributed by atoms with Crippen molar-refractivity contribution in [3.8, 4) is 5.75 Å². The Bertz CT molecular complexity index is 374. The molecule has 1 amide bonds. The Morgan fingerprint density at radius 2 is 2.22 bits per heavy atom. The van der Waals surface area contributed by atoms with Crippen molar-refractivity contribution in [3.63, 3.8) is 0 Å².